The minimum absolute atomic E-state index is 0.0402. The van der Waals surface area contributed by atoms with Crippen molar-refractivity contribution in [1.29, 1.82) is 0 Å². The molecule has 3 heterocycles. The Bertz CT molecular complexity index is 798. The lowest BCUT2D eigenvalue weighted by atomic mass is 9.74. The van der Waals surface area contributed by atoms with E-state index in [1.807, 2.05) is 15.5 Å². The Morgan fingerprint density at radius 3 is 2.73 bits per heavy atom. The standard InChI is InChI=1S/C19H26N4O3/c1-12(24)21-9-16-14-8-13(15-4-2-5-17(25)23(15)16)10-22(11-14)18(26)19(20)6-3-7-19/h2,4-5,13-14,16H,3,6-11,20H2,1H3,(H,21,24)/t13-,14+,16+/m1/s1. The first-order valence-electron chi connectivity index (χ1n) is 9.43. The van der Waals surface area contributed by atoms with Crippen molar-refractivity contribution in [2.75, 3.05) is 19.6 Å². The Balaban J connectivity index is 1.66. The Morgan fingerprint density at radius 2 is 2.08 bits per heavy atom. The Morgan fingerprint density at radius 1 is 1.31 bits per heavy atom. The number of nitrogens with zero attached hydrogens (tertiary/aromatic N) is 2. The maximum atomic E-state index is 12.9. The predicted octanol–water partition coefficient (Wildman–Crippen LogP) is 0.353. The lowest BCUT2D eigenvalue weighted by Gasteiger charge is -2.49. The fourth-order valence-corrected chi connectivity index (χ4v) is 4.81. The topological polar surface area (TPSA) is 97.4 Å². The van der Waals surface area contributed by atoms with Crippen LogP contribution in [0.15, 0.2) is 23.0 Å². The van der Waals surface area contributed by atoms with E-state index in [1.54, 1.807) is 12.1 Å². The van der Waals surface area contributed by atoms with Gasteiger partial charge in [0.15, 0.2) is 0 Å². The van der Waals surface area contributed by atoms with E-state index < -0.39 is 5.54 Å². The molecule has 0 aromatic carbocycles. The number of carbonyl (C=O) groups excluding carboxylic acids is 2. The SMILES string of the molecule is CC(=O)NC[C@H]1[C@H]2C[C@H](CN(C(=O)C3(N)CCC3)C2)c2cccc(=O)n21. The van der Waals surface area contributed by atoms with Crippen LogP contribution in [0.2, 0.25) is 0 Å². The van der Waals surface area contributed by atoms with Crippen LogP contribution in [0.3, 0.4) is 0 Å². The van der Waals surface area contributed by atoms with E-state index in [0.29, 0.717) is 19.6 Å². The second-order valence-electron chi connectivity index (χ2n) is 8.08. The zero-order chi connectivity index (χ0) is 18.5. The fraction of sp³-hybridized carbons (Fsp3) is 0.632. The summed E-state index contributed by atoms with van der Waals surface area (Å²) in [6.07, 6.45) is 3.44. The van der Waals surface area contributed by atoms with Crippen molar-refractivity contribution < 1.29 is 9.59 Å². The molecule has 0 unspecified atom stereocenters. The van der Waals surface area contributed by atoms with Gasteiger partial charge in [-0.05, 0) is 37.7 Å². The molecule has 7 nitrogen and oxygen atoms in total. The van der Waals surface area contributed by atoms with Crippen LogP contribution < -0.4 is 16.6 Å². The molecule has 1 saturated carbocycles. The van der Waals surface area contributed by atoms with E-state index in [-0.39, 0.29) is 35.3 Å². The summed E-state index contributed by atoms with van der Waals surface area (Å²) < 4.78 is 1.83. The van der Waals surface area contributed by atoms with Crippen molar-refractivity contribution in [3.63, 3.8) is 0 Å². The summed E-state index contributed by atoms with van der Waals surface area (Å²) >= 11 is 0. The number of hydrogen-bond donors (Lipinski definition) is 2. The van der Waals surface area contributed by atoms with Crippen LogP contribution in [0, 0.1) is 5.92 Å². The van der Waals surface area contributed by atoms with Gasteiger partial charge in [0.2, 0.25) is 11.8 Å². The molecule has 2 bridgehead atoms. The normalized spacial score (nSPS) is 28.7. The van der Waals surface area contributed by atoms with Crippen LogP contribution in [0.25, 0.3) is 0 Å². The van der Waals surface area contributed by atoms with Crippen LogP contribution in [0.5, 0.6) is 0 Å². The van der Waals surface area contributed by atoms with Crippen molar-refractivity contribution in [3.05, 3.63) is 34.2 Å². The van der Waals surface area contributed by atoms with E-state index in [9.17, 15) is 14.4 Å². The van der Waals surface area contributed by atoms with E-state index in [1.165, 1.54) is 6.92 Å². The maximum absolute atomic E-state index is 12.9. The average molecular weight is 358 g/mol. The number of nitrogens with two attached hydrogens (primary N) is 1. The molecule has 3 N–H and O–H groups in total. The average Bonchev–Trinajstić information content (AvgIpc) is 2.59. The molecule has 26 heavy (non-hydrogen) atoms. The number of carbonyl (C=O) groups is 2. The van der Waals surface area contributed by atoms with Gasteiger partial charge in [0.05, 0.1) is 11.6 Å². The van der Waals surface area contributed by atoms with Gasteiger partial charge in [0, 0.05) is 44.2 Å². The molecule has 0 spiro atoms. The third-order valence-electron chi connectivity index (χ3n) is 6.32. The summed E-state index contributed by atoms with van der Waals surface area (Å²) in [4.78, 5) is 38.8. The van der Waals surface area contributed by atoms with Gasteiger partial charge < -0.3 is 20.5 Å². The van der Waals surface area contributed by atoms with Gasteiger partial charge in [-0.2, -0.15) is 0 Å². The summed E-state index contributed by atoms with van der Waals surface area (Å²) in [6.45, 7) is 3.09. The molecular weight excluding hydrogens is 332 g/mol. The maximum Gasteiger partial charge on any atom is 0.251 e. The van der Waals surface area contributed by atoms with E-state index in [0.717, 1.165) is 31.4 Å². The highest BCUT2D eigenvalue weighted by Gasteiger charge is 2.47. The number of pyridine rings is 1. The summed E-state index contributed by atoms with van der Waals surface area (Å²) in [5.41, 5.74) is 6.50. The highest BCUT2D eigenvalue weighted by atomic mass is 16.2. The molecule has 2 aliphatic heterocycles. The van der Waals surface area contributed by atoms with E-state index in [2.05, 4.69) is 5.32 Å². The van der Waals surface area contributed by atoms with Crippen LogP contribution in [0.4, 0.5) is 0 Å². The number of rotatable bonds is 3. The van der Waals surface area contributed by atoms with Crippen LogP contribution in [-0.4, -0.2) is 46.5 Å². The third kappa shape index (κ3) is 2.74. The minimum atomic E-state index is -0.699. The molecule has 2 amide bonds. The van der Waals surface area contributed by atoms with Gasteiger partial charge >= 0.3 is 0 Å². The summed E-state index contributed by atoms with van der Waals surface area (Å²) in [5.74, 6) is 0.213. The quantitative estimate of drug-likeness (QED) is 0.815. The van der Waals surface area contributed by atoms with E-state index in [4.69, 9.17) is 5.73 Å². The zero-order valence-electron chi connectivity index (χ0n) is 15.1. The van der Waals surface area contributed by atoms with Crippen LogP contribution >= 0.6 is 0 Å². The van der Waals surface area contributed by atoms with Gasteiger partial charge in [0.1, 0.15) is 0 Å². The molecular formula is C19H26N4O3. The van der Waals surface area contributed by atoms with Crippen LogP contribution in [-0.2, 0) is 9.59 Å². The molecule has 0 radical (unpaired) electrons. The Kier molecular flexibility index (Phi) is 4.14. The second-order valence-corrected chi connectivity index (χ2v) is 8.08. The largest absolute Gasteiger partial charge is 0.354 e. The lowest BCUT2D eigenvalue weighted by molar-refractivity contribution is -0.143. The lowest BCUT2D eigenvalue weighted by Crippen LogP contribution is -2.63. The van der Waals surface area contributed by atoms with Crippen molar-refractivity contribution in [2.45, 2.75) is 50.1 Å². The number of fused-ring (bicyclic) bond motifs is 4. The van der Waals surface area contributed by atoms with Gasteiger partial charge in [-0.15, -0.1) is 0 Å². The smallest absolute Gasteiger partial charge is 0.251 e. The summed E-state index contributed by atoms with van der Waals surface area (Å²) in [7, 11) is 0. The number of amides is 2. The number of aromatic nitrogens is 1. The number of piperidine rings is 1. The van der Waals surface area contributed by atoms with Crippen molar-refractivity contribution in [1.82, 2.24) is 14.8 Å². The van der Waals surface area contributed by atoms with E-state index >= 15 is 0 Å². The summed E-state index contributed by atoms with van der Waals surface area (Å²) in [6, 6.07) is 5.18. The first-order valence-corrected chi connectivity index (χ1v) is 9.43. The Hall–Kier alpha value is -2.15. The van der Waals surface area contributed by atoms with Gasteiger partial charge in [-0.1, -0.05) is 6.07 Å². The molecule has 2 fully saturated rings. The highest BCUT2D eigenvalue weighted by Crippen LogP contribution is 2.42. The van der Waals surface area contributed by atoms with Gasteiger partial charge in [-0.3, -0.25) is 14.4 Å². The van der Waals surface area contributed by atoms with Crippen molar-refractivity contribution >= 4 is 11.8 Å². The first-order chi connectivity index (χ1) is 12.4. The van der Waals surface area contributed by atoms with Gasteiger partial charge in [0.25, 0.3) is 5.56 Å². The molecule has 3 aliphatic rings. The first kappa shape index (κ1) is 17.3. The van der Waals surface area contributed by atoms with Crippen LogP contribution in [0.1, 0.15) is 50.3 Å². The second kappa shape index (κ2) is 6.23. The van der Waals surface area contributed by atoms with Crippen molar-refractivity contribution in [2.24, 2.45) is 11.7 Å². The Labute approximate surface area is 152 Å². The van der Waals surface area contributed by atoms with Gasteiger partial charge in [-0.25, -0.2) is 0 Å². The predicted molar refractivity (Wildman–Crippen MR) is 96.6 cm³/mol. The molecule has 1 aromatic heterocycles. The number of nitrogens with one attached hydrogen (secondary N) is 1. The summed E-state index contributed by atoms with van der Waals surface area (Å²) in [5, 5.41) is 2.86. The molecule has 3 atom stereocenters. The minimum Gasteiger partial charge on any atom is -0.354 e. The number of hydrogen-bond acceptors (Lipinski definition) is 4. The molecule has 1 aromatic rings. The fourth-order valence-electron chi connectivity index (χ4n) is 4.81. The highest BCUT2D eigenvalue weighted by molar-refractivity contribution is 5.87. The third-order valence-corrected chi connectivity index (χ3v) is 6.32. The van der Waals surface area contributed by atoms with Crippen molar-refractivity contribution in [3.8, 4) is 0 Å². The monoisotopic (exact) mass is 358 g/mol. The zero-order valence-corrected chi connectivity index (χ0v) is 15.1. The molecule has 140 valence electrons. The molecule has 1 saturated heterocycles. The number of likely N-dealkylation sites (tertiary alicyclic amines) is 1. The molecule has 1 aliphatic carbocycles. The molecule has 4 rings (SSSR count). The molecule has 7 heteroatoms.